The lowest BCUT2D eigenvalue weighted by Crippen LogP contribution is -2.65. The highest BCUT2D eigenvalue weighted by atomic mass is 35.5. The molecule has 2 aliphatic heterocycles. The fourth-order valence-corrected chi connectivity index (χ4v) is 3.40. The van der Waals surface area contributed by atoms with Crippen molar-refractivity contribution in [3.63, 3.8) is 0 Å². The van der Waals surface area contributed by atoms with E-state index >= 15 is 0 Å². The maximum absolute atomic E-state index is 12.1. The second kappa shape index (κ2) is 5.78. The molecule has 0 saturated carbocycles. The Labute approximate surface area is 141 Å². The monoisotopic (exact) mass is 339 g/mol. The lowest BCUT2D eigenvalue weighted by Gasteiger charge is -2.54. The standard InChI is InChI=1S/C15H22ClN5O2/c1-14(2,3)23-13(22)21-8-15(9-21)5-4-6-20(7-15)12-18-10-17-11(16)19-12/h10H,4-9H2,1-3H3. The summed E-state index contributed by atoms with van der Waals surface area (Å²) >= 11 is 5.85. The normalized spacial score (nSPS) is 20.3. The molecule has 0 aliphatic carbocycles. The van der Waals surface area contributed by atoms with Crippen molar-refractivity contribution >= 4 is 23.6 Å². The molecule has 2 fully saturated rings. The van der Waals surface area contributed by atoms with E-state index < -0.39 is 5.60 Å². The first kappa shape index (κ1) is 16.2. The Balaban J connectivity index is 1.61. The molecule has 3 rings (SSSR count). The summed E-state index contributed by atoms with van der Waals surface area (Å²) in [6.45, 7) is 8.81. The Morgan fingerprint density at radius 3 is 2.70 bits per heavy atom. The van der Waals surface area contributed by atoms with Gasteiger partial charge < -0.3 is 14.5 Å². The molecule has 1 amide bonds. The maximum atomic E-state index is 12.1. The van der Waals surface area contributed by atoms with Crippen molar-refractivity contribution in [2.45, 2.75) is 39.2 Å². The average Bonchev–Trinajstić information content (AvgIpc) is 2.43. The highest BCUT2D eigenvalue weighted by Crippen LogP contribution is 2.40. The number of halogens is 1. The zero-order valence-electron chi connectivity index (χ0n) is 13.8. The van der Waals surface area contributed by atoms with Crippen LogP contribution in [0.25, 0.3) is 0 Å². The van der Waals surface area contributed by atoms with Crippen molar-refractivity contribution in [2.24, 2.45) is 5.41 Å². The van der Waals surface area contributed by atoms with Gasteiger partial charge in [0.05, 0.1) is 0 Å². The smallest absolute Gasteiger partial charge is 0.410 e. The molecule has 0 radical (unpaired) electrons. The second-order valence-corrected chi connectivity index (χ2v) is 7.75. The SMILES string of the molecule is CC(C)(C)OC(=O)N1CC2(CCCN(c3ncnc(Cl)n3)C2)C1. The first-order valence-electron chi connectivity index (χ1n) is 7.84. The Morgan fingerprint density at radius 1 is 1.30 bits per heavy atom. The van der Waals surface area contributed by atoms with Crippen LogP contribution in [-0.4, -0.2) is 57.7 Å². The molecule has 2 aliphatic rings. The molecule has 7 nitrogen and oxygen atoms in total. The quantitative estimate of drug-likeness (QED) is 0.782. The number of carbonyl (C=O) groups excluding carboxylic acids is 1. The van der Waals surface area contributed by atoms with E-state index in [4.69, 9.17) is 16.3 Å². The number of rotatable bonds is 1. The predicted molar refractivity (Wildman–Crippen MR) is 86.5 cm³/mol. The molecule has 8 heteroatoms. The minimum Gasteiger partial charge on any atom is -0.444 e. The molecular formula is C15H22ClN5O2. The van der Waals surface area contributed by atoms with Crippen LogP contribution in [0.5, 0.6) is 0 Å². The molecule has 0 unspecified atom stereocenters. The number of likely N-dealkylation sites (tertiary alicyclic amines) is 1. The van der Waals surface area contributed by atoms with E-state index in [1.54, 1.807) is 4.90 Å². The third kappa shape index (κ3) is 3.65. The van der Waals surface area contributed by atoms with Gasteiger partial charge in [-0.15, -0.1) is 0 Å². The third-order valence-corrected chi connectivity index (χ3v) is 4.36. The molecule has 3 heterocycles. The fraction of sp³-hybridized carbons (Fsp3) is 0.733. The number of ether oxygens (including phenoxy) is 1. The topological polar surface area (TPSA) is 71.5 Å². The summed E-state index contributed by atoms with van der Waals surface area (Å²) in [5.41, 5.74) is -0.353. The van der Waals surface area contributed by atoms with Gasteiger partial charge >= 0.3 is 6.09 Å². The van der Waals surface area contributed by atoms with Gasteiger partial charge in [0.2, 0.25) is 11.2 Å². The molecule has 126 valence electrons. The summed E-state index contributed by atoms with van der Waals surface area (Å²) in [7, 11) is 0. The van der Waals surface area contributed by atoms with Gasteiger partial charge in [0.15, 0.2) is 0 Å². The minimum atomic E-state index is -0.458. The lowest BCUT2D eigenvalue weighted by atomic mass is 9.73. The summed E-state index contributed by atoms with van der Waals surface area (Å²) < 4.78 is 5.43. The van der Waals surface area contributed by atoms with Gasteiger partial charge in [-0.2, -0.15) is 4.98 Å². The van der Waals surface area contributed by atoms with E-state index in [1.807, 2.05) is 20.8 Å². The van der Waals surface area contributed by atoms with Gasteiger partial charge in [-0.1, -0.05) is 0 Å². The Morgan fingerprint density at radius 2 is 2.04 bits per heavy atom. The van der Waals surface area contributed by atoms with E-state index in [2.05, 4.69) is 19.9 Å². The van der Waals surface area contributed by atoms with E-state index in [-0.39, 0.29) is 16.8 Å². The molecule has 23 heavy (non-hydrogen) atoms. The van der Waals surface area contributed by atoms with Gasteiger partial charge in [-0.25, -0.2) is 14.8 Å². The number of aromatic nitrogens is 3. The second-order valence-electron chi connectivity index (χ2n) is 7.42. The molecule has 0 atom stereocenters. The Bertz CT molecular complexity index is 598. The number of hydrogen-bond acceptors (Lipinski definition) is 6. The first-order valence-corrected chi connectivity index (χ1v) is 8.22. The molecule has 1 aromatic heterocycles. The van der Waals surface area contributed by atoms with Crippen LogP contribution in [0.2, 0.25) is 5.28 Å². The van der Waals surface area contributed by atoms with Gasteiger partial charge in [0.1, 0.15) is 11.9 Å². The van der Waals surface area contributed by atoms with Crippen molar-refractivity contribution < 1.29 is 9.53 Å². The van der Waals surface area contributed by atoms with Crippen molar-refractivity contribution in [3.05, 3.63) is 11.6 Å². The lowest BCUT2D eigenvalue weighted by molar-refractivity contribution is -0.0391. The van der Waals surface area contributed by atoms with Crippen molar-refractivity contribution in [1.82, 2.24) is 19.9 Å². The summed E-state index contributed by atoms with van der Waals surface area (Å²) in [6, 6.07) is 0. The van der Waals surface area contributed by atoms with Crippen LogP contribution in [0.1, 0.15) is 33.6 Å². The van der Waals surface area contributed by atoms with Crippen LogP contribution >= 0.6 is 11.6 Å². The summed E-state index contributed by atoms with van der Waals surface area (Å²) in [5.74, 6) is 0.611. The highest BCUT2D eigenvalue weighted by molar-refractivity contribution is 6.28. The zero-order valence-corrected chi connectivity index (χ0v) is 14.5. The molecule has 0 aromatic carbocycles. The van der Waals surface area contributed by atoms with Crippen molar-refractivity contribution in [1.29, 1.82) is 0 Å². The predicted octanol–water partition coefficient (Wildman–Crippen LogP) is 2.36. The van der Waals surface area contributed by atoms with Crippen LogP contribution in [0.4, 0.5) is 10.7 Å². The van der Waals surface area contributed by atoms with Crippen LogP contribution < -0.4 is 4.90 Å². The van der Waals surface area contributed by atoms with Gasteiger partial charge in [-0.3, -0.25) is 0 Å². The summed E-state index contributed by atoms with van der Waals surface area (Å²) in [5, 5.41) is 0.207. The molecule has 0 N–H and O–H groups in total. The Kier molecular flexibility index (Phi) is 4.08. The largest absolute Gasteiger partial charge is 0.444 e. The maximum Gasteiger partial charge on any atom is 0.410 e. The minimum absolute atomic E-state index is 0.105. The molecule has 1 aromatic rings. The molecular weight excluding hydrogens is 318 g/mol. The average molecular weight is 340 g/mol. The van der Waals surface area contributed by atoms with E-state index in [1.165, 1.54) is 6.33 Å². The van der Waals surface area contributed by atoms with Crippen molar-refractivity contribution in [3.8, 4) is 0 Å². The molecule has 0 bridgehead atoms. The zero-order chi connectivity index (χ0) is 16.7. The van der Waals surface area contributed by atoms with Crippen molar-refractivity contribution in [2.75, 3.05) is 31.1 Å². The first-order chi connectivity index (χ1) is 10.8. The Hall–Kier alpha value is -1.63. The number of anilines is 1. The number of piperidine rings is 1. The molecule has 1 spiro atoms. The number of amides is 1. The summed E-state index contributed by atoms with van der Waals surface area (Å²) in [6.07, 6.45) is 3.34. The number of nitrogens with zero attached hydrogens (tertiary/aromatic N) is 5. The third-order valence-electron chi connectivity index (χ3n) is 4.18. The highest BCUT2D eigenvalue weighted by Gasteiger charge is 2.48. The van der Waals surface area contributed by atoms with E-state index in [0.717, 1.165) is 39.0 Å². The van der Waals surface area contributed by atoms with E-state index in [0.29, 0.717) is 5.95 Å². The van der Waals surface area contributed by atoms with E-state index in [9.17, 15) is 4.79 Å². The fourth-order valence-electron chi connectivity index (χ4n) is 3.28. The number of carbonyl (C=O) groups is 1. The van der Waals surface area contributed by atoms with Gasteiger partial charge in [-0.05, 0) is 45.2 Å². The van der Waals surface area contributed by atoms with Crippen LogP contribution in [0, 0.1) is 5.41 Å². The number of hydrogen-bond donors (Lipinski definition) is 0. The van der Waals surface area contributed by atoms with Crippen LogP contribution in [0.3, 0.4) is 0 Å². The summed E-state index contributed by atoms with van der Waals surface area (Å²) in [4.78, 5) is 28.2. The van der Waals surface area contributed by atoms with Gasteiger partial charge in [0.25, 0.3) is 0 Å². The van der Waals surface area contributed by atoms with Crippen LogP contribution in [0.15, 0.2) is 6.33 Å². The van der Waals surface area contributed by atoms with Gasteiger partial charge in [0, 0.05) is 31.6 Å². The molecule has 2 saturated heterocycles. The van der Waals surface area contributed by atoms with Crippen LogP contribution in [-0.2, 0) is 4.74 Å².